The molecule has 0 aliphatic heterocycles. The second-order valence-corrected chi connectivity index (χ2v) is 4.50. The molecule has 0 saturated heterocycles. The number of methoxy groups -OCH3 is 1. The van der Waals surface area contributed by atoms with Gasteiger partial charge in [-0.05, 0) is 19.8 Å². The Balaban J connectivity index is 2.52. The zero-order valence-corrected chi connectivity index (χ0v) is 9.97. The average molecular weight is 254 g/mol. The highest BCUT2D eigenvalue weighted by atomic mass is 19.4. The Hall–Kier alpha value is -0.620. The van der Waals surface area contributed by atoms with E-state index >= 15 is 0 Å². The molecule has 6 heteroatoms. The van der Waals surface area contributed by atoms with Crippen molar-refractivity contribution in [2.24, 2.45) is 5.92 Å². The second-order valence-electron chi connectivity index (χ2n) is 4.50. The molecule has 0 bridgehead atoms. The van der Waals surface area contributed by atoms with Crippen LogP contribution in [0.15, 0.2) is 0 Å². The van der Waals surface area contributed by atoms with Crippen LogP contribution in [0.1, 0.15) is 32.6 Å². The zero-order chi connectivity index (χ0) is 13.1. The molecule has 100 valence electrons. The molecule has 1 aliphatic carbocycles. The van der Waals surface area contributed by atoms with Crippen LogP contribution in [-0.2, 0) is 14.3 Å². The highest BCUT2D eigenvalue weighted by Crippen LogP contribution is 2.32. The van der Waals surface area contributed by atoms with E-state index < -0.39 is 18.6 Å². The van der Waals surface area contributed by atoms with Gasteiger partial charge in [0.15, 0.2) is 5.79 Å². The number of Topliss-reactive ketones (excluding diaryl/α,β-unsaturated/α-hetero) is 1. The van der Waals surface area contributed by atoms with Crippen molar-refractivity contribution < 1.29 is 27.4 Å². The summed E-state index contributed by atoms with van der Waals surface area (Å²) in [7, 11) is 1.29. The summed E-state index contributed by atoms with van der Waals surface area (Å²) in [5.74, 6) is -1.50. The largest absolute Gasteiger partial charge is 0.411 e. The van der Waals surface area contributed by atoms with Crippen molar-refractivity contribution in [2.75, 3.05) is 13.7 Å². The fraction of sp³-hybridized carbons (Fsp3) is 0.909. The van der Waals surface area contributed by atoms with Gasteiger partial charge >= 0.3 is 6.18 Å². The highest BCUT2D eigenvalue weighted by molar-refractivity contribution is 5.82. The number of alkyl halides is 3. The lowest BCUT2D eigenvalue weighted by Gasteiger charge is -2.30. The van der Waals surface area contributed by atoms with Gasteiger partial charge < -0.3 is 9.47 Å². The molecule has 0 heterocycles. The van der Waals surface area contributed by atoms with E-state index in [2.05, 4.69) is 0 Å². The van der Waals surface area contributed by atoms with Crippen LogP contribution in [0.5, 0.6) is 0 Å². The van der Waals surface area contributed by atoms with Gasteiger partial charge in [-0.3, -0.25) is 4.79 Å². The van der Waals surface area contributed by atoms with Crippen LogP contribution < -0.4 is 0 Å². The van der Waals surface area contributed by atoms with Gasteiger partial charge in [-0.2, -0.15) is 13.2 Å². The van der Waals surface area contributed by atoms with E-state index in [0.29, 0.717) is 12.8 Å². The van der Waals surface area contributed by atoms with Gasteiger partial charge in [-0.15, -0.1) is 0 Å². The van der Waals surface area contributed by atoms with Gasteiger partial charge in [0, 0.05) is 25.9 Å². The molecular formula is C11H17F3O3. The van der Waals surface area contributed by atoms with Gasteiger partial charge in [-0.25, -0.2) is 0 Å². The van der Waals surface area contributed by atoms with Crippen LogP contribution in [0.3, 0.4) is 0 Å². The van der Waals surface area contributed by atoms with Crippen LogP contribution in [-0.4, -0.2) is 31.5 Å². The molecule has 3 nitrogen and oxygen atoms in total. The third kappa shape index (κ3) is 4.63. The summed E-state index contributed by atoms with van der Waals surface area (Å²) in [4.78, 5) is 11.4. The third-order valence-electron chi connectivity index (χ3n) is 3.02. The second kappa shape index (κ2) is 5.35. The first-order valence-corrected chi connectivity index (χ1v) is 5.54. The summed E-state index contributed by atoms with van der Waals surface area (Å²) in [5, 5.41) is 0. The smallest absolute Gasteiger partial charge is 0.353 e. The number of carbonyl (C=O) groups excluding carboxylic acids is 1. The van der Waals surface area contributed by atoms with Crippen molar-refractivity contribution in [3.05, 3.63) is 0 Å². The number of ether oxygens (including phenoxy) is 2. The van der Waals surface area contributed by atoms with Gasteiger partial charge in [0.05, 0.1) is 0 Å². The van der Waals surface area contributed by atoms with Crippen LogP contribution in [0, 0.1) is 5.92 Å². The molecule has 0 aromatic heterocycles. The number of halogens is 3. The van der Waals surface area contributed by atoms with Crippen LogP contribution >= 0.6 is 0 Å². The Labute approximate surface area is 98.3 Å². The van der Waals surface area contributed by atoms with Crippen molar-refractivity contribution >= 4 is 5.78 Å². The average Bonchev–Trinajstić information content (AvgIpc) is 2.61. The lowest BCUT2D eigenvalue weighted by molar-refractivity contribution is -0.273. The fourth-order valence-electron chi connectivity index (χ4n) is 1.99. The molecule has 1 aliphatic rings. The molecule has 2 unspecified atom stereocenters. The van der Waals surface area contributed by atoms with E-state index in [1.807, 2.05) is 0 Å². The lowest BCUT2D eigenvalue weighted by atomic mass is 9.97. The van der Waals surface area contributed by atoms with Crippen molar-refractivity contribution in [3.63, 3.8) is 0 Å². The minimum atomic E-state index is -4.39. The molecule has 0 aromatic carbocycles. The van der Waals surface area contributed by atoms with Crippen molar-refractivity contribution in [1.82, 2.24) is 0 Å². The molecule has 17 heavy (non-hydrogen) atoms. The monoisotopic (exact) mass is 254 g/mol. The molecular weight excluding hydrogens is 237 g/mol. The maximum Gasteiger partial charge on any atom is 0.411 e. The Morgan fingerprint density at radius 2 is 2.06 bits per heavy atom. The molecule has 1 saturated carbocycles. The summed E-state index contributed by atoms with van der Waals surface area (Å²) < 4.78 is 45.9. The van der Waals surface area contributed by atoms with E-state index in [-0.39, 0.29) is 18.1 Å². The van der Waals surface area contributed by atoms with Crippen LogP contribution in [0.25, 0.3) is 0 Å². The number of carbonyl (C=O) groups is 1. The summed E-state index contributed by atoms with van der Waals surface area (Å²) in [6.45, 7) is 0.0720. The predicted molar refractivity (Wildman–Crippen MR) is 54.4 cm³/mol. The highest BCUT2D eigenvalue weighted by Gasteiger charge is 2.38. The van der Waals surface area contributed by atoms with Crippen LogP contribution in [0.4, 0.5) is 13.2 Å². The van der Waals surface area contributed by atoms with E-state index in [9.17, 15) is 18.0 Å². The minimum Gasteiger partial charge on any atom is -0.353 e. The molecule has 0 radical (unpaired) electrons. The zero-order valence-electron chi connectivity index (χ0n) is 9.97. The summed E-state index contributed by atoms with van der Waals surface area (Å²) in [5.41, 5.74) is 0. The van der Waals surface area contributed by atoms with Gasteiger partial charge in [0.1, 0.15) is 12.4 Å². The topological polar surface area (TPSA) is 35.5 Å². The maximum atomic E-state index is 12.1. The van der Waals surface area contributed by atoms with Crippen LogP contribution in [0.2, 0.25) is 0 Å². The third-order valence-corrected chi connectivity index (χ3v) is 3.02. The number of hydrogen-bond donors (Lipinski definition) is 0. The number of rotatable bonds is 5. The molecule has 2 atom stereocenters. The normalized spacial score (nSPS) is 25.0. The van der Waals surface area contributed by atoms with E-state index in [4.69, 9.17) is 9.47 Å². The van der Waals surface area contributed by atoms with Gasteiger partial charge in [0.25, 0.3) is 0 Å². The van der Waals surface area contributed by atoms with E-state index in [1.54, 1.807) is 0 Å². The Kier molecular flexibility index (Phi) is 4.55. The summed E-state index contributed by atoms with van der Waals surface area (Å²) >= 11 is 0. The van der Waals surface area contributed by atoms with Gasteiger partial charge in [0.2, 0.25) is 0 Å². The van der Waals surface area contributed by atoms with Crippen molar-refractivity contribution in [3.8, 4) is 0 Å². The molecule has 1 rings (SSSR count). The Bertz CT molecular complexity index is 278. The first kappa shape index (κ1) is 14.4. The van der Waals surface area contributed by atoms with E-state index in [1.165, 1.54) is 14.0 Å². The number of hydrogen-bond acceptors (Lipinski definition) is 3. The lowest BCUT2D eigenvalue weighted by Crippen LogP contribution is -2.37. The summed E-state index contributed by atoms with van der Waals surface area (Å²) in [6, 6.07) is 0. The van der Waals surface area contributed by atoms with Crippen molar-refractivity contribution in [2.45, 2.75) is 44.6 Å². The fourth-order valence-corrected chi connectivity index (χ4v) is 1.99. The molecule has 0 aromatic rings. The number of ketones is 1. The Morgan fingerprint density at radius 3 is 2.47 bits per heavy atom. The molecule has 0 spiro atoms. The first-order chi connectivity index (χ1) is 7.76. The van der Waals surface area contributed by atoms with Crippen molar-refractivity contribution in [1.29, 1.82) is 0 Å². The maximum absolute atomic E-state index is 12.1. The molecule has 0 amide bonds. The first-order valence-electron chi connectivity index (χ1n) is 5.54. The summed E-state index contributed by atoms with van der Waals surface area (Å²) in [6.07, 6.45) is -2.21. The minimum absolute atomic E-state index is 0.0869. The van der Waals surface area contributed by atoms with Gasteiger partial charge in [-0.1, -0.05) is 0 Å². The molecule has 1 fully saturated rings. The predicted octanol–water partition coefficient (Wildman–Crippen LogP) is 2.69. The Morgan fingerprint density at radius 1 is 1.41 bits per heavy atom. The standard InChI is InChI=1S/C11H17F3O3/c1-10(16-2,17-7-11(12,13)14)6-8-4-3-5-9(8)15/h8H,3-7H2,1-2H3. The molecule has 0 N–H and O–H groups in total. The van der Waals surface area contributed by atoms with E-state index in [0.717, 1.165) is 6.42 Å². The SMILES string of the molecule is COC(C)(CC1CCCC1=O)OCC(F)(F)F. The quantitative estimate of drug-likeness (QED) is 0.707.